The van der Waals surface area contributed by atoms with Crippen molar-refractivity contribution in [3.05, 3.63) is 30.0 Å². The first-order chi connectivity index (χ1) is 10.7. The van der Waals surface area contributed by atoms with Gasteiger partial charge in [0.05, 0.1) is 0 Å². The quantitative estimate of drug-likeness (QED) is 0.387. The topological polar surface area (TPSA) is 77.5 Å². The lowest BCUT2D eigenvalue weighted by Gasteiger charge is -2.16. The van der Waals surface area contributed by atoms with Gasteiger partial charge in [0.1, 0.15) is 5.82 Å². The van der Waals surface area contributed by atoms with Crippen LogP contribution in [0.15, 0.2) is 24.4 Å². The lowest BCUT2D eigenvalue weighted by Crippen LogP contribution is -2.27. The highest BCUT2D eigenvalue weighted by Crippen LogP contribution is 2.15. The summed E-state index contributed by atoms with van der Waals surface area (Å²) in [5.74, 6) is 0.298. The number of likely N-dealkylation sites (tertiary alicyclic amines) is 1. The van der Waals surface area contributed by atoms with Gasteiger partial charge in [0.25, 0.3) is 5.91 Å². The molecule has 24 heavy (non-hydrogen) atoms. The van der Waals surface area contributed by atoms with E-state index < -0.39 is 5.91 Å². The number of halogens is 2. The smallest absolute Gasteiger partial charge is 0.267 e. The third-order valence-corrected chi connectivity index (χ3v) is 3.78. The molecule has 1 aliphatic heterocycles. The van der Waals surface area contributed by atoms with Crippen LogP contribution >= 0.6 is 24.8 Å². The van der Waals surface area contributed by atoms with Crippen LogP contribution in [0.5, 0.6) is 0 Å². The van der Waals surface area contributed by atoms with Gasteiger partial charge in [-0.2, -0.15) is 0 Å². The average molecular weight is 377 g/mol. The van der Waals surface area contributed by atoms with Gasteiger partial charge in [-0.25, -0.2) is 10.5 Å². The van der Waals surface area contributed by atoms with Crippen molar-refractivity contribution >= 4 is 42.6 Å². The monoisotopic (exact) mass is 376 g/mol. The van der Waals surface area contributed by atoms with E-state index in [1.54, 1.807) is 17.8 Å². The molecule has 0 unspecified atom stereocenters. The average Bonchev–Trinajstić information content (AvgIpc) is 2.99. The van der Waals surface area contributed by atoms with Gasteiger partial charge in [-0.05, 0) is 43.2 Å². The first-order valence-electron chi connectivity index (χ1n) is 7.78. The molecule has 3 N–H and O–H groups in total. The van der Waals surface area contributed by atoms with E-state index in [1.807, 2.05) is 12.1 Å². The van der Waals surface area contributed by atoms with Crippen molar-refractivity contribution in [1.82, 2.24) is 15.4 Å². The Labute approximate surface area is 155 Å². The lowest BCUT2D eigenvalue weighted by atomic mass is 10.2. The van der Waals surface area contributed by atoms with Gasteiger partial charge in [0, 0.05) is 31.4 Å². The molecule has 1 amide bonds. The maximum atomic E-state index is 10.9. The molecular formula is C16H26Cl2N4O2. The predicted molar refractivity (Wildman–Crippen MR) is 101 cm³/mol. The molecule has 2 heterocycles. The molecule has 1 fully saturated rings. The lowest BCUT2D eigenvalue weighted by molar-refractivity contribution is -0.124. The summed E-state index contributed by atoms with van der Waals surface area (Å²) in [5.41, 5.74) is 2.36. The second-order valence-corrected chi connectivity index (χ2v) is 5.57. The zero-order chi connectivity index (χ0) is 15.8. The van der Waals surface area contributed by atoms with Crippen LogP contribution in [0.25, 0.3) is 6.08 Å². The molecule has 6 nitrogen and oxygen atoms in total. The molecule has 1 aliphatic rings. The normalized spacial score (nSPS) is 17.2. The van der Waals surface area contributed by atoms with Gasteiger partial charge in [-0.1, -0.05) is 13.3 Å². The second-order valence-electron chi connectivity index (χ2n) is 5.57. The molecule has 1 aromatic heterocycles. The molecule has 0 aliphatic carbocycles. The van der Waals surface area contributed by atoms with Gasteiger partial charge in [0.2, 0.25) is 0 Å². The molecule has 1 saturated heterocycles. The van der Waals surface area contributed by atoms with E-state index in [9.17, 15) is 4.79 Å². The minimum atomic E-state index is -0.555. The Morgan fingerprint density at radius 1 is 1.46 bits per heavy atom. The number of carbonyl (C=O) groups excluding carboxylic acids is 1. The fraction of sp³-hybridized carbons (Fsp3) is 0.500. The summed E-state index contributed by atoms with van der Waals surface area (Å²) in [4.78, 5) is 17.8. The van der Waals surface area contributed by atoms with Crippen molar-refractivity contribution in [2.45, 2.75) is 32.2 Å². The third kappa shape index (κ3) is 7.49. The van der Waals surface area contributed by atoms with Crippen LogP contribution in [-0.2, 0) is 4.79 Å². The molecule has 136 valence electrons. The Kier molecular flexibility index (Phi) is 11.4. The van der Waals surface area contributed by atoms with Crippen LogP contribution in [0.3, 0.4) is 0 Å². The van der Waals surface area contributed by atoms with Gasteiger partial charge in [0.15, 0.2) is 0 Å². The zero-order valence-corrected chi connectivity index (χ0v) is 15.4. The molecule has 1 atom stereocenters. The SMILES string of the molecule is CCCCN1CC[C@@H](Nc2ccc(/C=C/C(=O)NO)cn2)C1.Cl.Cl. The van der Waals surface area contributed by atoms with Crippen molar-refractivity contribution in [1.29, 1.82) is 0 Å². The number of nitrogens with one attached hydrogen (secondary N) is 2. The predicted octanol–water partition coefficient (Wildman–Crippen LogP) is 2.73. The zero-order valence-electron chi connectivity index (χ0n) is 13.8. The van der Waals surface area contributed by atoms with E-state index in [-0.39, 0.29) is 24.8 Å². The first kappa shape index (κ1) is 22.7. The summed E-state index contributed by atoms with van der Waals surface area (Å²) in [7, 11) is 0. The third-order valence-electron chi connectivity index (χ3n) is 3.78. The molecule has 2 rings (SSSR count). The molecule has 0 saturated carbocycles. The van der Waals surface area contributed by atoms with E-state index in [1.165, 1.54) is 25.5 Å². The minimum absolute atomic E-state index is 0. The number of carbonyl (C=O) groups is 1. The van der Waals surface area contributed by atoms with Crippen LogP contribution in [0.4, 0.5) is 5.82 Å². The Morgan fingerprint density at radius 2 is 2.25 bits per heavy atom. The number of hydrogen-bond donors (Lipinski definition) is 3. The molecule has 0 spiro atoms. The van der Waals surface area contributed by atoms with Crippen LogP contribution in [0.1, 0.15) is 31.7 Å². The molecule has 0 bridgehead atoms. The standard InChI is InChI=1S/C16H24N4O2.2ClH/c1-2-3-9-20-10-8-14(12-20)18-15-6-4-13(11-17-15)5-7-16(21)19-22;;/h4-7,11,14,22H,2-3,8-10,12H2,1H3,(H,17,18)(H,19,21);2*1H/b7-5+;;/t14-;;/m1../s1. The fourth-order valence-electron chi connectivity index (χ4n) is 2.54. The van der Waals surface area contributed by atoms with E-state index >= 15 is 0 Å². The van der Waals surface area contributed by atoms with Crippen molar-refractivity contribution < 1.29 is 10.0 Å². The number of hydroxylamine groups is 1. The van der Waals surface area contributed by atoms with E-state index in [2.05, 4.69) is 22.1 Å². The van der Waals surface area contributed by atoms with Crippen LogP contribution in [0.2, 0.25) is 0 Å². The highest BCUT2D eigenvalue weighted by atomic mass is 35.5. The Hall–Kier alpha value is -1.34. The Bertz CT molecular complexity index is 511. The highest BCUT2D eigenvalue weighted by molar-refractivity contribution is 5.90. The Morgan fingerprint density at radius 3 is 2.88 bits per heavy atom. The fourth-order valence-corrected chi connectivity index (χ4v) is 2.54. The van der Waals surface area contributed by atoms with Crippen molar-refractivity contribution in [2.75, 3.05) is 25.0 Å². The largest absolute Gasteiger partial charge is 0.366 e. The van der Waals surface area contributed by atoms with Crippen LogP contribution < -0.4 is 10.8 Å². The van der Waals surface area contributed by atoms with Crippen LogP contribution in [-0.4, -0.2) is 46.7 Å². The van der Waals surface area contributed by atoms with Gasteiger partial charge in [-0.15, -0.1) is 24.8 Å². The summed E-state index contributed by atoms with van der Waals surface area (Å²) < 4.78 is 0. The number of rotatable bonds is 7. The number of hydrogen-bond acceptors (Lipinski definition) is 5. The van der Waals surface area contributed by atoms with Gasteiger partial charge >= 0.3 is 0 Å². The van der Waals surface area contributed by atoms with E-state index in [4.69, 9.17) is 5.21 Å². The van der Waals surface area contributed by atoms with Gasteiger partial charge in [-0.3, -0.25) is 10.0 Å². The van der Waals surface area contributed by atoms with E-state index in [0.29, 0.717) is 6.04 Å². The number of amides is 1. The number of unbranched alkanes of at least 4 members (excludes halogenated alkanes) is 1. The van der Waals surface area contributed by atoms with Crippen molar-refractivity contribution in [3.8, 4) is 0 Å². The number of nitrogens with zero attached hydrogens (tertiary/aromatic N) is 2. The van der Waals surface area contributed by atoms with Crippen LogP contribution in [0, 0.1) is 0 Å². The highest BCUT2D eigenvalue weighted by Gasteiger charge is 2.21. The minimum Gasteiger partial charge on any atom is -0.366 e. The van der Waals surface area contributed by atoms with Crippen molar-refractivity contribution in [2.24, 2.45) is 0 Å². The van der Waals surface area contributed by atoms with E-state index in [0.717, 1.165) is 30.9 Å². The van der Waals surface area contributed by atoms with Gasteiger partial charge < -0.3 is 10.2 Å². The summed E-state index contributed by atoms with van der Waals surface area (Å²) in [6.07, 6.45) is 8.20. The Balaban J connectivity index is 0.00000264. The maximum absolute atomic E-state index is 10.9. The molecular weight excluding hydrogens is 351 g/mol. The first-order valence-corrected chi connectivity index (χ1v) is 7.78. The molecule has 0 radical (unpaired) electrons. The second kappa shape index (κ2) is 12.1. The molecule has 8 heteroatoms. The summed E-state index contributed by atoms with van der Waals surface area (Å²) in [6, 6.07) is 4.25. The van der Waals surface area contributed by atoms with Crippen molar-refractivity contribution in [3.63, 3.8) is 0 Å². The summed E-state index contributed by atoms with van der Waals surface area (Å²) in [5, 5.41) is 11.9. The number of pyridine rings is 1. The summed E-state index contributed by atoms with van der Waals surface area (Å²) in [6.45, 7) is 5.61. The summed E-state index contributed by atoms with van der Waals surface area (Å²) >= 11 is 0. The number of aromatic nitrogens is 1. The maximum Gasteiger partial charge on any atom is 0.267 e. The molecule has 0 aromatic carbocycles. The molecule has 1 aromatic rings. The number of anilines is 1.